The topological polar surface area (TPSA) is 59.6 Å². The summed E-state index contributed by atoms with van der Waals surface area (Å²) in [4.78, 5) is 13.1. The number of nitrogens with one attached hydrogen (secondary N) is 2. The molecule has 1 atom stereocenters. The quantitative estimate of drug-likeness (QED) is 0.865. The SMILES string of the molecule is Cc1cc(OC(F)F)c(C(=O)NCC2CCC3(CNC3)O2)s1. The summed E-state index contributed by atoms with van der Waals surface area (Å²) in [5.74, 6) is -0.466. The zero-order valence-corrected chi connectivity index (χ0v) is 13.0. The number of rotatable bonds is 5. The molecule has 0 saturated carbocycles. The number of alkyl halides is 2. The first-order chi connectivity index (χ1) is 10.5. The minimum Gasteiger partial charge on any atom is -0.433 e. The summed E-state index contributed by atoms with van der Waals surface area (Å²) >= 11 is 1.14. The maximum Gasteiger partial charge on any atom is 0.387 e. The maximum atomic E-state index is 12.4. The lowest BCUT2D eigenvalue weighted by Gasteiger charge is -2.38. The lowest BCUT2D eigenvalue weighted by Crippen LogP contribution is -2.59. The van der Waals surface area contributed by atoms with E-state index in [1.807, 2.05) is 0 Å². The van der Waals surface area contributed by atoms with Crippen LogP contribution in [0.25, 0.3) is 0 Å². The fraction of sp³-hybridized carbons (Fsp3) is 0.643. The van der Waals surface area contributed by atoms with Gasteiger partial charge in [0.05, 0.1) is 11.7 Å². The molecule has 1 aromatic heterocycles. The Morgan fingerprint density at radius 2 is 2.41 bits per heavy atom. The number of ether oxygens (including phenoxy) is 2. The second-order valence-electron chi connectivity index (χ2n) is 5.70. The van der Waals surface area contributed by atoms with E-state index in [-0.39, 0.29) is 22.3 Å². The molecule has 2 fully saturated rings. The summed E-state index contributed by atoms with van der Waals surface area (Å²) in [6, 6.07) is 1.45. The summed E-state index contributed by atoms with van der Waals surface area (Å²) in [6.45, 7) is 0.894. The molecular weight excluding hydrogens is 314 g/mol. The predicted molar refractivity (Wildman–Crippen MR) is 77.7 cm³/mol. The van der Waals surface area contributed by atoms with Gasteiger partial charge in [-0.2, -0.15) is 8.78 Å². The van der Waals surface area contributed by atoms with Crippen LogP contribution in [0.1, 0.15) is 27.4 Å². The van der Waals surface area contributed by atoms with Crippen molar-refractivity contribution < 1.29 is 23.0 Å². The molecule has 1 aromatic rings. The van der Waals surface area contributed by atoms with Crippen molar-refractivity contribution in [1.29, 1.82) is 0 Å². The molecular formula is C14H18F2N2O3S. The van der Waals surface area contributed by atoms with E-state index in [0.29, 0.717) is 6.54 Å². The van der Waals surface area contributed by atoms with Crippen LogP contribution in [0.5, 0.6) is 5.75 Å². The summed E-state index contributed by atoms with van der Waals surface area (Å²) in [6.07, 6.45) is 1.86. The molecule has 0 radical (unpaired) electrons. The summed E-state index contributed by atoms with van der Waals surface area (Å²) < 4.78 is 35.1. The van der Waals surface area contributed by atoms with Crippen molar-refractivity contribution in [2.45, 2.75) is 38.1 Å². The molecule has 8 heteroatoms. The number of aryl methyl sites for hydroxylation is 1. The Labute approximate surface area is 131 Å². The Morgan fingerprint density at radius 1 is 1.64 bits per heavy atom. The molecule has 2 N–H and O–H groups in total. The number of halogens is 2. The van der Waals surface area contributed by atoms with Gasteiger partial charge in [0.1, 0.15) is 10.6 Å². The molecule has 0 aromatic carbocycles. The number of thiophene rings is 1. The van der Waals surface area contributed by atoms with Crippen molar-refractivity contribution in [3.05, 3.63) is 15.8 Å². The highest BCUT2D eigenvalue weighted by molar-refractivity contribution is 7.14. The normalized spacial score (nSPS) is 22.8. The monoisotopic (exact) mass is 332 g/mol. The highest BCUT2D eigenvalue weighted by Crippen LogP contribution is 2.33. The van der Waals surface area contributed by atoms with E-state index in [4.69, 9.17) is 4.74 Å². The molecule has 0 aliphatic carbocycles. The van der Waals surface area contributed by atoms with Gasteiger partial charge in [-0.3, -0.25) is 4.79 Å². The second kappa shape index (κ2) is 6.10. The number of hydrogen-bond donors (Lipinski definition) is 2. The van der Waals surface area contributed by atoms with Crippen LogP contribution in [0.3, 0.4) is 0 Å². The van der Waals surface area contributed by atoms with Crippen molar-refractivity contribution in [2.24, 2.45) is 0 Å². The molecule has 1 amide bonds. The van der Waals surface area contributed by atoms with Crippen LogP contribution in [0, 0.1) is 6.92 Å². The molecule has 122 valence electrons. The number of amides is 1. The molecule has 0 bridgehead atoms. The lowest BCUT2D eigenvalue weighted by atomic mass is 9.93. The molecule has 2 aliphatic rings. The summed E-state index contributed by atoms with van der Waals surface area (Å²) in [5.41, 5.74) is -0.0567. The zero-order chi connectivity index (χ0) is 15.7. The minimum atomic E-state index is -2.94. The van der Waals surface area contributed by atoms with Crippen molar-refractivity contribution in [3.8, 4) is 5.75 Å². The zero-order valence-electron chi connectivity index (χ0n) is 12.2. The highest BCUT2D eigenvalue weighted by atomic mass is 32.1. The lowest BCUT2D eigenvalue weighted by molar-refractivity contribution is -0.0715. The third kappa shape index (κ3) is 3.23. The van der Waals surface area contributed by atoms with Gasteiger partial charge in [0.2, 0.25) is 0 Å². The van der Waals surface area contributed by atoms with E-state index in [1.165, 1.54) is 6.07 Å². The summed E-state index contributed by atoms with van der Waals surface area (Å²) in [5, 5.41) is 5.94. The Kier molecular flexibility index (Phi) is 4.33. The van der Waals surface area contributed by atoms with E-state index >= 15 is 0 Å². The van der Waals surface area contributed by atoms with Crippen LogP contribution in [-0.4, -0.2) is 43.9 Å². The van der Waals surface area contributed by atoms with Gasteiger partial charge in [-0.1, -0.05) is 0 Å². The van der Waals surface area contributed by atoms with Crippen molar-refractivity contribution >= 4 is 17.2 Å². The standard InChI is InChI=1S/C14H18F2N2O3S/c1-8-4-10(20-13(15)16)11(22-8)12(19)18-5-9-2-3-14(21-9)6-17-7-14/h4,9,13,17H,2-3,5-7H2,1H3,(H,18,19). The van der Waals surface area contributed by atoms with Crippen LogP contribution in [0.4, 0.5) is 8.78 Å². The molecule has 5 nitrogen and oxygen atoms in total. The fourth-order valence-electron chi connectivity index (χ4n) is 2.82. The predicted octanol–water partition coefficient (Wildman–Crippen LogP) is 1.91. The Bertz CT molecular complexity index is 560. The van der Waals surface area contributed by atoms with Gasteiger partial charge in [0.15, 0.2) is 0 Å². The molecule has 2 aliphatic heterocycles. The van der Waals surface area contributed by atoms with Gasteiger partial charge >= 0.3 is 6.61 Å². The van der Waals surface area contributed by atoms with E-state index in [0.717, 1.165) is 42.1 Å². The number of carbonyl (C=O) groups is 1. The number of carbonyl (C=O) groups excluding carboxylic acids is 1. The molecule has 3 rings (SSSR count). The Hall–Kier alpha value is -1.25. The molecule has 22 heavy (non-hydrogen) atoms. The second-order valence-corrected chi connectivity index (χ2v) is 6.96. The largest absolute Gasteiger partial charge is 0.433 e. The number of hydrogen-bond acceptors (Lipinski definition) is 5. The maximum absolute atomic E-state index is 12.4. The first-order valence-electron chi connectivity index (χ1n) is 7.19. The Morgan fingerprint density at radius 3 is 3.00 bits per heavy atom. The van der Waals surface area contributed by atoms with E-state index < -0.39 is 12.5 Å². The van der Waals surface area contributed by atoms with Gasteiger partial charge in [0, 0.05) is 24.5 Å². The minimum absolute atomic E-state index is 0.0217. The van der Waals surface area contributed by atoms with Crippen LogP contribution >= 0.6 is 11.3 Å². The first kappa shape index (κ1) is 15.6. The molecule has 1 spiro atoms. The van der Waals surface area contributed by atoms with Crippen LogP contribution in [0.15, 0.2) is 6.07 Å². The van der Waals surface area contributed by atoms with Crippen LogP contribution in [0.2, 0.25) is 0 Å². The van der Waals surface area contributed by atoms with Gasteiger partial charge < -0.3 is 20.1 Å². The molecule has 3 heterocycles. The molecule has 1 unspecified atom stereocenters. The average Bonchev–Trinajstić information content (AvgIpc) is 2.99. The third-order valence-corrected chi connectivity index (χ3v) is 5.00. The van der Waals surface area contributed by atoms with Crippen LogP contribution < -0.4 is 15.4 Å². The molecule has 2 saturated heterocycles. The first-order valence-corrected chi connectivity index (χ1v) is 8.01. The fourth-order valence-corrected chi connectivity index (χ4v) is 3.68. The third-order valence-electron chi connectivity index (χ3n) is 3.97. The van der Waals surface area contributed by atoms with Crippen molar-refractivity contribution in [3.63, 3.8) is 0 Å². The van der Waals surface area contributed by atoms with E-state index in [2.05, 4.69) is 15.4 Å². The van der Waals surface area contributed by atoms with Gasteiger partial charge in [-0.25, -0.2) is 0 Å². The van der Waals surface area contributed by atoms with Gasteiger partial charge in [-0.05, 0) is 25.8 Å². The van der Waals surface area contributed by atoms with E-state index in [9.17, 15) is 13.6 Å². The van der Waals surface area contributed by atoms with Crippen molar-refractivity contribution in [1.82, 2.24) is 10.6 Å². The average molecular weight is 332 g/mol. The smallest absolute Gasteiger partial charge is 0.387 e. The van der Waals surface area contributed by atoms with Crippen LogP contribution in [-0.2, 0) is 4.74 Å². The summed E-state index contributed by atoms with van der Waals surface area (Å²) in [7, 11) is 0. The van der Waals surface area contributed by atoms with Crippen molar-refractivity contribution in [2.75, 3.05) is 19.6 Å². The van der Waals surface area contributed by atoms with E-state index in [1.54, 1.807) is 6.92 Å². The Balaban J connectivity index is 1.56. The van der Waals surface area contributed by atoms with Gasteiger partial charge in [-0.15, -0.1) is 11.3 Å². The highest BCUT2D eigenvalue weighted by Gasteiger charge is 2.44. The van der Waals surface area contributed by atoms with Gasteiger partial charge in [0.25, 0.3) is 5.91 Å².